The van der Waals surface area contributed by atoms with Crippen LogP contribution >= 0.6 is 11.6 Å². The number of ether oxygens (including phenoxy) is 1. The van der Waals surface area contributed by atoms with Crippen molar-refractivity contribution in [2.45, 2.75) is 12.8 Å². The van der Waals surface area contributed by atoms with Gasteiger partial charge in [0.1, 0.15) is 5.75 Å². The van der Waals surface area contributed by atoms with Gasteiger partial charge < -0.3 is 10.1 Å². The molecule has 0 saturated heterocycles. The van der Waals surface area contributed by atoms with Crippen molar-refractivity contribution >= 4 is 23.2 Å². The standard InChI is InChI=1S/C12H12ClNO2/c1-16-10-4-8(13)2-3-9(10)14-11(15)12-5-7(12)6-12/h2-4,7H,5-6H2,1H3,(H,14,15). The highest BCUT2D eigenvalue weighted by Crippen LogP contribution is 2.75. The van der Waals surface area contributed by atoms with Crippen LogP contribution in [0.15, 0.2) is 18.2 Å². The van der Waals surface area contributed by atoms with Crippen LogP contribution in [0.1, 0.15) is 12.8 Å². The normalized spacial score (nSPS) is 29.2. The fourth-order valence-electron chi connectivity index (χ4n) is 2.09. The highest BCUT2D eigenvalue weighted by Gasteiger charge is 2.74. The molecule has 0 spiro atoms. The van der Waals surface area contributed by atoms with Crippen molar-refractivity contribution in [2.24, 2.45) is 11.3 Å². The Morgan fingerprint density at radius 3 is 2.81 bits per heavy atom. The summed E-state index contributed by atoms with van der Waals surface area (Å²) >= 11 is 5.85. The predicted octanol–water partition coefficient (Wildman–Crippen LogP) is 2.70. The number of anilines is 1. The number of hydrogen-bond acceptors (Lipinski definition) is 2. The Morgan fingerprint density at radius 1 is 1.56 bits per heavy atom. The van der Waals surface area contributed by atoms with Gasteiger partial charge in [0.2, 0.25) is 5.91 Å². The van der Waals surface area contributed by atoms with Crippen LogP contribution in [0.3, 0.4) is 0 Å². The second-order valence-electron chi connectivity index (χ2n) is 4.56. The molecule has 3 rings (SSSR count). The third-order valence-electron chi connectivity index (χ3n) is 3.55. The van der Waals surface area contributed by atoms with E-state index in [0.717, 1.165) is 12.8 Å². The third-order valence-corrected chi connectivity index (χ3v) is 3.78. The maximum absolute atomic E-state index is 11.9. The van der Waals surface area contributed by atoms with Crippen molar-refractivity contribution < 1.29 is 9.53 Å². The lowest BCUT2D eigenvalue weighted by Gasteiger charge is -2.11. The average Bonchev–Trinajstić information content (AvgIpc) is 3.08. The topological polar surface area (TPSA) is 38.3 Å². The molecule has 0 aromatic heterocycles. The summed E-state index contributed by atoms with van der Waals surface area (Å²) in [4.78, 5) is 11.9. The Morgan fingerprint density at radius 2 is 2.25 bits per heavy atom. The molecule has 4 heteroatoms. The maximum atomic E-state index is 11.9. The van der Waals surface area contributed by atoms with E-state index >= 15 is 0 Å². The molecule has 0 unspecified atom stereocenters. The summed E-state index contributed by atoms with van der Waals surface area (Å²) in [6.07, 6.45) is 2.10. The lowest BCUT2D eigenvalue weighted by molar-refractivity contribution is -0.119. The zero-order valence-electron chi connectivity index (χ0n) is 8.92. The number of benzene rings is 1. The van der Waals surface area contributed by atoms with E-state index in [-0.39, 0.29) is 11.3 Å². The molecule has 0 heterocycles. The number of fused-ring (bicyclic) bond motifs is 1. The summed E-state index contributed by atoms with van der Waals surface area (Å²) in [6.45, 7) is 0. The van der Waals surface area contributed by atoms with Crippen LogP contribution in [0.2, 0.25) is 5.02 Å². The molecule has 0 atom stereocenters. The molecule has 1 N–H and O–H groups in total. The van der Waals surface area contributed by atoms with Gasteiger partial charge in [-0.1, -0.05) is 11.6 Å². The van der Waals surface area contributed by atoms with E-state index < -0.39 is 0 Å². The molecule has 2 fully saturated rings. The maximum Gasteiger partial charge on any atom is 0.230 e. The highest BCUT2D eigenvalue weighted by atomic mass is 35.5. The molecule has 2 aliphatic rings. The van der Waals surface area contributed by atoms with Crippen LogP contribution in [-0.4, -0.2) is 13.0 Å². The van der Waals surface area contributed by atoms with E-state index in [4.69, 9.17) is 16.3 Å². The Balaban J connectivity index is 1.80. The number of amides is 1. The van der Waals surface area contributed by atoms with Crippen LogP contribution in [0.5, 0.6) is 5.75 Å². The first-order valence-corrected chi connectivity index (χ1v) is 5.68. The van der Waals surface area contributed by atoms with Crippen molar-refractivity contribution in [3.05, 3.63) is 23.2 Å². The second-order valence-corrected chi connectivity index (χ2v) is 5.00. The predicted molar refractivity (Wildman–Crippen MR) is 61.8 cm³/mol. The van der Waals surface area contributed by atoms with Crippen LogP contribution in [0.25, 0.3) is 0 Å². The molecule has 1 aromatic carbocycles. The Bertz CT molecular complexity index is 466. The van der Waals surface area contributed by atoms with Gasteiger partial charge in [0.05, 0.1) is 18.2 Å². The summed E-state index contributed by atoms with van der Waals surface area (Å²) in [5, 5.41) is 3.51. The van der Waals surface area contributed by atoms with E-state index in [1.165, 1.54) is 0 Å². The van der Waals surface area contributed by atoms with Crippen molar-refractivity contribution in [1.29, 1.82) is 0 Å². The Labute approximate surface area is 98.7 Å². The number of carbonyl (C=O) groups excluding carboxylic acids is 1. The lowest BCUT2D eigenvalue weighted by atomic mass is 10.2. The minimum atomic E-state index is -0.0232. The second kappa shape index (κ2) is 3.14. The van der Waals surface area contributed by atoms with Gasteiger partial charge in [-0.3, -0.25) is 4.79 Å². The van der Waals surface area contributed by atoms with Crippen molar-refractivity contribution in [2.75, 3.05) is 12.4 Å². The van der Waals surface area contributed by atoms with Gasteiger partial charge in [-0.05, 0) is 30.9 Å². The van der Waals surface area contributed by atoms with E-state index in [2.05, 4.69) is 5.32 Å². The number of rotatable bonds is 3. The molecule has 0 radical (unpaired) electrons. The zero-order chi connectivity index (χ0) is 11.3. The third kappa shape index (κ3) is 1.39. The molecule has 1 aromatic rings. The number of nitrogens with one attached hydrogen (secondary N) is 1. The molecule has 0 aliphatic heterocycles. The number of methoxy groups -OCH3 is 1. The van der Waals surface area contributed by atoms with Crippen molar-refractivity contribution in [1.82, 2.24) is 0 Å². The Kier molecular flexibility index (Phi) is 1.96. The number of halogens is 1. The first-order valence-electron chi connectivity index (χ1n) is 5.31. The summed E-state index contributed by atoms with van der Waals surface area (Å²) < 4.78 is 5.17. The van der Waals surface area contributed by atoms with Gasteiger partial charge in [-0.25, -0.2) is 0 Å². The molecular formula is C12H12ClNO2. The molecule has 2 aliphatic carbocycles. The van der Waals surface area contributed by atoms with Crippen LogP contribution < -0.4 is 10.1 Å². The molecule has 0 bridgehead atoms. The largest absolute Gasteiger partial charge is 0.495 e. The van der Waals surface area contributed by atoms with Crippen molar-refractivity contribution in [3.63, 3.8) is 0 Å². The van der Waals surface area contributed by atoms with Gasteiger partial charge >= 0.3 is 0 Å². The fraction of sp³-hybridized carbons (Fsp3) is 0.417. The number of hydrogen-bond donors (Lipinski definition) is 1. The smallest absolute Gasteiger partial charge is 0.230 e. The minimum absolute atomic E-state index is 0.0232. The molecule has 1 amide bonds. The summed E-state index contributed by atoms with van der Waals surface area (Å²) in [7, 11) is 1.57. The average molecular weight is 238 g/mol. The van der Waals surface area contributed by atoms with Crippen LogP contribution in [0, 0.1) is 11.3 Å². The molecular weight excluding hydrogens is 226 g/mol. The van der Waals surface area contributed by atoms with E-state index in [0.29, 0.717) is 22.4 Å². The van der Waals surface area contributed by atoms with E-state index in [1.807, 2.05) is 0 Å². The summed E-state index contributed by atoms with van der Waals surface area (Å²) in [5.74, 6) is 1.37. The molecule has 2 saturated carbocycles. The first kappa shape index (κ1) is 9.97. The summed E-state index contributed by atoms with van der Waals surface area (Å²) in [5.41, 5.74) is 0.675. The van der Waals surface area contributed by atoms with E-state index in [9.17, 15) is 4.79 Å². The highest BCUT2D eigenvalue weighted by molar-refractivity contribution is 6.30. The lowest BCUT2D eigenvalue weighted by Crippen LogP contribution is -2.18. The van der Waals surface area contributed by atoms with Crippen LogP contribution in [0.4, 0.5) is 5.69 Å². The van der Waals surface area contributed by atoms with Gasteiger partial charge in [-0.15, -0.1) is 0 Å². The minimum Gasteiger partial charge on any atom is -0.495 e. The van der Waals surface area contributed by atoms with Gasteiger partial charge in [0.25, 0.3) is 0 Å². The van der Waals surface area contributed by atoms with E-state index in [1.54, 1.807) is 25.3 Å². The monoisotopic (exact) mass is 237 g/mol. The fourth-order valence-corrected chi connectivity index (χ4v) is 2.25. The summed E-state index contributed by atoms with van der Waals surface area (Å²) in [6, 6.07) is 5.22. The molecule has 16 heavy (non-hydrogen) atoms. The molecule has 3 nitrogen and oxygen atoms in total. The van der Waals surface area contributed by atoms with Crippen molar-refractivity contribution in [3.8, 4) is 5.75 Å². The van der Waals surface area contributed by atoms with Gasteiger partial charge in [0.15, 0.2) is 0 Å². The van der Waals surface area contributed by atoms with Gasteiger partial charge in [-0.2, -0.15) is 0 Å². The van der Waals surface area contributed by atoms with Crippen LogP contribution in [-0.2, 0) is 4.79 Å². The first-order chi connectivity index (χ1) is 7.65. The molecule has 84 valence electrons. The number of carbonyl (C=O) groups is 1. The Hall–Kier alpha value is -1.22. The van der Waals surface area contributed by atoms with Gasteiger partial charge in [0, 0.05) is 11.1 Å². The quantitative estimate of drug-likeness (QED) is 0.878. The SMILES string of the molecule is COc1cc(Cl)ccc1NC(=O)C12CC1C2. The zero-order valence-corrected chi connectivity index (χ0v) is 9.67.